The van der Waals surface area contributed by atoms with Crippen LogP contribution in [0.4, 0.5) is 0 Å². The van der Waals surface area contributed by atoms with Gasteiger partial charge in [0.2, 0.25) is 0 Å². The summed E-state index contributed by atoms with van der Waals surface area (Å²) in [6, 6.07) is 0. The molecule has 4 rings (SSSR count). The van der Waals surface area contributed by atoms with Crippen LogP contribution in [0.5, 0.6) is 0 Å². The van der Waals surface area contributed by atoms with E-state index in [9.17, 15) is 4.79 Å². The van der Waals surface area contributed by atoms with Gasteiger partial charge in [-0.1, -0.05) is 0 Å². The number of ether oxygens (including phenoxy) is 1. The Hall–Kier alpha value is -0.120. The summed E-state index contributed by atoms with van der Waals surface area (Å²) in [5, 5.41) is 3.24. The molecule has 4 aliphatic carbocycles. The van der Waals surface area contributed by atoms with Gasteiger partial charge in [0.05, 0.1) is 13.2 Å². The summed E-state index contributed by atoms with van der Waals surface area (Å²) in [7, 11) is 1.70. The molecule has 0 spiro atoms. The first-order valence-electron chi connectivity index (χ1n) is 7.45. The summed E-state index contributed by atoms with van der Waals surface area (Å²) in [5.41, 5.74) is 0.0643. The zero-order valence-electron chi connectivity index (χ0n) is 11.8. The average Bonchev–Trinajstić information content (AvgIpc) is 2.32. The summed E-state index contributed by atoms with van der Waals surface area (Å²) in [6.07, 6.45) is 7.77. The standard InChI is InChI=1S/C15H25NO2.ClH/c1-18-3-2-16-10-14(17)15-7-11-4-12(8-15)6-13(5-11)9-15;/h11-13,16H,2-10H2,1H3;1H. The molecule has 19 heavy (non-hydrogen) atoms. The number of nitrogens with one attached hydrogen (secondary N) is 1. The van der Waals surface area contributed by atoms with Crippen molar-refractivity contribution in [2.45, 2.75) is 38.5 Å². The number of halogens is 1. The monoisotopic (exact) mass is 287 g/mol. The van der Waals surface area contributed by atoms with E-state index in [4.69, 9.17) is 4.74 Å². The molecule has 0 saturated heterocycles. The largest absolute Gasteiger partial charge is 0.383 e. The van der Waals surface area contributed by atoms with E-state index in [0.717, 1.165) is 24.3 Å². The molecule has 0 amide bonds. The van der Waals surface area contributed by atoms with Crippen LogP contribution in [0.25, 0.3) is 0 Å². The van der Waals surface area contributed by atoms with E-state index < -0.39 is 0 Å². The van der Waals surface area contributed by atoms with Crippen LogP contribution in [-0.4, -0.2) is 32.6 Å². The highest BCUT2D eigenvalue weighted by molar-refractivity contribution is 5.87. The third kappa shape index (κ3) is 2.98. The van der Waals surface area contributed by atoms with E-state index in [2.05, 4.69) is 5.32 Å². The molecule has 4 heteroatoms. The molecule has 4 bridgehead atoms. The summed E-state index contributed by atoms with van der Waals surface area (Å²) in [4.78, 5) is 12.6. The minimum Gasteiger partial charge on any atom is -0.383 e. The number of carbonyl (C=O) groups excluding carboxylic acids is 1. The lowest BCUT2D eigenvalue weighted by Crippen LogP contribution is -2.52. The minimum atomic E-state index is 0. The van der Waals surface area contributed by atoms with E-state index in [1.54, 1.807) is 7.11 Å². The fourth-order valence-electron chi connectivity index (χ4n) is 5.02. The quantitative estimate of drug-likeness (QED) is 0.763. The number of Topliss-reactive ketones (excluding diaryl/α,β-unsaturated/α-hetero) is 1. The Balaban J connectivity index is 0.00000133. The maximum Gasteiger partial charge on any atom is 0.152 e. The predicted molar refractivity (Wildman–Crippen MR) is 77.6 cm³/mol. The first-order chi connectivity index (χ1) is 8.72. The average molecular weight is 288 g/mol. The number of methoxy groups -OCH3 is 1. The summed E-state index contributed by atoms with van der Waals surface area (Å²) in [6.45, 7) is 2.03. The van der Waals surface area contributed by atoms with Gasteiger partial charge in [-0.2, -0.15) is 0 Å². The first-order valence-corrected chi connectivity index (χ1v) is 7.45. The zero-order valence-corrected chi connectivity index (χ0v) is 12.6. The van der Waals surface area contributed by atoms with Gasteiger partial charge in [-0.15, -0.1) is 12.4 Å². The molecular weight excluding hydrogens is 262 g/mol. The van der Waals surface area contributed by atoms with E-state index in [-0.39, 0.29) is 17.8 Å². The first kappa shape index (κ1) is 15.3. The summed E-state index contributed by atoms with van der Waals surface area (Å²) < 4.78 is 5.00. The number of carbonyl (C=O) groups is 1. The second-order valence-corrected chi connectivity index (χ2v) is 6.79. The van der Waals surface area contributed by atoms with Crippen molar-refractivity contribution in [3.8, 4) is 0 Å². The maximum absolute atomic E-state index is 12.6. The lowest BCUT2D eigenvalue weighted by Gasteiger charge is -2.56. The molecule has 4 aliphatic rings. The molecule has 110 valence electrons. The van der Waals surface area contributed by atoms with Gasteiger partial charge in [-0.05, 0) is 56.3 Å². The number of hydrogen-bond acceptors (Lipinski definition) is 3. The molecular formula is C15H26ClNO2. The molecule has 0 aromatic carbocycles. The predicted octanol–water partition coefficient (Wildman–Crippen LogP) is 2.43. The van der Waals surface area contributed by atoms with E-state index in [1.165, 1.54) is 38.5 Å². The van der Waals surface area contributed by atoms with Crippen LogP contribution in [0.2, 0.25) is 0 Å². The fraction of sp³-hybridized carbons (Fsp3) is 0.933. The molecule has 1 N–H and O–H groups in total. The highest BCUT2D eigenvalue weighted by atomic mass is 35.5. The molecule has 0 heterocycles. The lowest BCUT2D eigenvalue weighted by atomic mass is 9.48. The minimum absolute atomic E-state index is 0. The summed E-state index contributed by atoms with van der Waals surface area (Å²) >= 11 is 0. The van der Waals surface area contributed by atoms with Gasteiger partial charge in [-0.25, -0.2) is 0 Å². The molecule has 0 aromatic rings. The number of rotatable bonds is 6. The molecule has 4 fully saturated rings. The molecule has 3 nitrogen and oxygen atoms in total. The van der Waals surface area contributed by atoms with Crippen molar-refractivity contribution in [3.05, 3.63) is 0 Å². The van der Waals surface area contributed by atoms with Crippen LogP contribution in [0, 0.1) is 23.2 Å². The van der Waals surface area contributed by atoms with Gasteiger partial charge in [0.25, 0.3) is 0 Å². The number of ketones is 1. The Bertz CT molecular complexity index is 297. The SMILES string of the molecule is COCCNCC(=O)C12CC3CC(CC(C3)C1)C2.Cl. The van der Waals surface area contributed by atoms with Crippen LogP contribution in [0.1, 0.15) is 38.5 Å². The van der Waals surface area contributed by atoms with Crippen LogP contribution < -0.4 is 5.32 Å². The van der Waals surface area contributed by atoms with Crippen molar-refractivity contribution in [2.24, 2.45) is 23.2 Å². The van der Waals surface area contributed by atoms with E-state index in [1.807, 2.05) is 0 Å². The fourth-order valence-corrected chi connectivity index (χ4v) is 5.02. The third-order valence-electron chi connectivity index (χ3n) is 5.40. The summed E-state index contributed by atoms with van der Waals surface area (Å²) in [5.74, 6) is 3.07. The Morgan fingerprint density at radius 3 is 2.16 bits per heavy atom. The van der Waals surface area contributed by atoms with Gasteiger partial charge in [0.1, 0.15) is 0 Å². The van der Waals surface area contributed by atoms with E-state index in [0.29, 0.717) is 18.9 Å². The lowest BCUT2D eigenvalue weighted by molar-refractivity contribution is -0.142. The maximum atomic E-state index is 12.6. The van der Waals surface area contributed by atoms with Crippen molar-refractivity contribution in [1.82, 2.24) is 5.32 Å². The van der Waals surface area contributed by atoms with Gasteiger partial charge >= 0.3 is 0 Å². The Morgan fingerprint density at radius 2 is 1.68 bits per heavy atom. The van der Waals surface area contributed by atoms with Crippen LogP contribution >= 0.6 is 12.4 Å². The Morgan fingerprint density at radius 1 is 1.16 bits per heavy atom. The Labute approximate surface area is 122 Å². The van der Waals surface area contributed by atoms with Gasteiger partial charge in [0.15, 0.2) is 5.78 Å². The van der Waals surface area contributed by atoms with Crippen molar-refractivity contribution >= 4 is 18.2 Å². The molecule has 0 aliphatic heterocycles. The second-order valence-electron chi connectivity index (χ2n) is 6.79. The number of hydrogen-bond donors (Lipinski definition) is 1. The van der Waals surface area contributed by atoms with Crippen molar-refractivity contribution in [1.29, 1.82) is 0 Å². The normalized spacial score (nSPS) is 39.1. The molecule has 0 unspecified atom stereocenters. The van der Waals surface area contributed by atoms with Crippen LogP contribution in [0.3, 0.4) is 0 Å². The molecule has 0 aromatic heterocycles. The van der Waals surface area contributed by atoms with Crippen molar-refractivity contribution in [3.63, 3.8) is 0 Å². The topological polar surface area (TPSA) is 38.3 Å². The van der Waals surface area contributed by atoms with Crippen LogP contribution in [0.15, 0.2) is 0 Å². The second kappa shape index (κ2) is 6.11. The van der Waals surface area contributed by atoms with Crippen molar-refractivity contribution < 1.29 is 9.53 Å². The van der Waals surface area contributed by atoms with Crippen molar-refractivity contribution in [2.75, 3.05) is 26.8 Å². The highest BCUT2D eigenvalue weighted by Gasteiger charge is 2.53. The molecule has 4 saturated carbocycles. The van der Waals surface area contributed by atoms with Gasteiger partial charge in [0, 0.05) is 19.1 Å². The van der Waals surface area contributed by atoms with Gasteiger partial charge in [-0.3, -0.25) is 4.79 Å². The molecule has 0 atom stereocenters. The third-order valence-corrected chi connectivity index (χ3v) is 5.40. The highest BCUT2D eigenvalue weighted by Crippen LogP contribution is 2.60. The molecule has 0 radical (unpaired) electrons. The van der Waals surface area contributed by atoms with Crippen LogP contribution in [-0.2, 0) is 9.53 Å². The zero-order chi connectivity index (χ0) is 12.6. The van der Waals surface area contributed by atoms with E-state index >= 15 is 0 Å². The smallest absolute Gasteiger partial charge is 0.152 e. The Kier molecular flexibility index (Phi) is 4.91. The van der Waals surface area contributed by atoms with Gasteiger partial charge < -0.3 is 10.1 Å².